The minimum Gasteiger partial charge on any atom is -0.388 e. The summed E-state index contributed by atoms with van der Waals surface area (Å²) >= 11 is 5.96. The number of hydrogen-bond donors (Lipinski definition) is 3. The van der Waals surface area contributed by atoms with Crippen LogP contribution in [0.3, 0.4) is 0 Å². The summed E-state index contributed by atoms with van der Waals surface area (Å²) in [5, 5.41) is 15.7. The summed E-state index contributed by atoms with van der Waals surface area (Å²) in [7, 11) is 0. The first kappa shape index (κ1) is 18.5. The fourth-order valence-electron chi connectivity index (χ4n) is 1.88. The molecule has 0 unspecified atom stereocenters. The molecule has 0 aliphatic carbocycles. The molecule has 6 heteroatoms. The Balaban J connectivity index is 2.63. The number of hydrogen-bond acceptors (Lipinski definition) is 3. The Bertz CT molecular complexity index is 558. The Hall–Kier alpha value is -1.59. The van der Waals surface area contributed by atoms with E-state index in [-0.39, 0.29) is 12.5 Å². The smallest absolute Gasteiger partial charge is 0.313 e. The molecular weight excluding hydrogens is 304 g/mol. The van der Waals surface area contributed by atoms with Gasteiger partial charge in [-0.1, -0.05) is 37.9 Å². The van der Waals surface area contributed by atoms with Crippen molar-refractivity contribution in [2.24, 2.45) is 5.92 Å². The van der Waals surface area contributed by atoms with E-state index in [1.54, 1.807) is 32.0 Å². The molecule has 3 N–H and O–H groups in total. The highest BCUT2D eigenvalue weighted by Gasteiger charge is 2.28. The second-order valence-electron chi connectivity index (χ2n) is 5.72. The molecule has 122 valence electrons. The van der Waals surface area contributed by atoms with E-state index < -0.39 is 17.4 Å². The highest BCUT2D eigenvalue weighted by atomic mass is 35.5. The predicted octanol–water partition coefficient (Wildman–Crippen LogP) is 2.50. The number of anilines is 1. The monoisotopic (exact) mass is 326 g/mol. The van der Waals surface area contributed by atoms with Gasteiger partial charge in [0.25, 0.3) is 0 Å². The zero-order valence-electron chi connectivity index (χ0n) is 13.4. The van der Waals surface area contributed by atoms with Crippen LogP contribution < -0.4 is 10.6 Å². The molecule has 0 spiro atoms. The molecule has 0 bridgehead atoms. The SMILES string of the molecule is CC[C@@H](C)[C@@](C)(O)CNC(=O)C(=O)Nc1cccc(Cl)c1C. The Morgan fingerprint density at radius 1 is 1.36 bits per heavy atom. The molecule has 0 aromatic heterocycles. The van der Waals surface area contributed by atoms with Crippen LogP contribution in [0.2, 0.25) is 5.02 Å². The molecule has 0 saturated heterocycles. The van der Waals surface area contributed by atoms with E-state index >= 15 is 0 Å². The maximum atomic E-state index is 11.9. The summed E-state index contributed by atoms with van der Waals surface area (Å²) in [5.41, 5.74) is 0.120. The molecular formula is C16H23ClN2O3. The second kappa shape index (κ2) is 7.61. The number of rotatable bonds is 5. The van der Waals surface area contributed by atoms with Crippen molar-refractivity contribution in [3.8, 4) is 0 Å². The molecule has 0 heterocycles. The van der Waals surface area contributed by atoms with Crippen LogP contribution in [0.25, 0.3) is 0 Å². The van der Waals surface area contributed by atoms with Crippen molar-refractivity contribution in [1.29, 1.82) is 0 Å². The minimum atomic E-state index is -1.06. The first-order valence-electron chi connectivity index (χ1n) is 7.25. The van der Waals surface area contributed by atoms with Gasteiger partial charge in [-0.25, -0.2) is 0 Å². The first-order valence-corrected chi connectivity index (χ1v) is 7.63. The third-order valence-electron chi connectivity index (χ3n) is 4.00. The average Bonchev–Trinajstić information content (AvgIpc) is 2.48. The first-order chi connectivity index (χ1) is 10.2. The van der Waals surface area contributed by atoms with Gasteiger partial charge >= 0.3 is 11.8 Å². The van der Waals surface area contributed by atoms with E-state index in [0.29, 0.717) is 16.3 Å². The van der Waals surface area contributed by atoms with E-state index in [1.807, 2.05) is 13.8 Å². The van der Waals surface area contributed by atoms with Crippen molar-refractivity contribution < 1.29 is 14.7 Å². The Labute approximate surface area is 136 Å². The molecule has 22 heavy (non-hydrogen) atoms. The predicted molar refractivity (Wildman–Crippen MR) is 87.9 cm³/mol. The lowest BCUT2D eigenvalue weighted by Gasteiger charge is -2.29. The highest BCUT2D eigenvalue weighted by molar-refractivity contribution is 6.40. The van der Waals surface area contributed by atoms with E-state index in [9.17, 15) is 14.7 Å². The van der Waals surface area contributed by atoms with Crippen LogP contribution in [0.4, 0.5) is 5.69 Å². The van der Waals surface area contributed by atoms with E-state index in [2.05, 4.69) is 10.6 Å². The van der Waals surface area contributed by atoms with Gasteiger partial charge in [0, 0.05) is 17.3 Å². The summed E-state index contributed by atoms with van der Waals surface area (Å²) < 4.78 is 0. The molecule has 0 aliphatic rings. The maximum absolute atomic E-state index is 11.9. The van der Waals surface area contributed by atoms with Gasteiger partial charge in [-0.05, 0) is 37.5 Å². The van der Waals surface area contributed by atoms with Crippen LogP contribution in [0, 0.1) is 12.8 Å². The van der Waals surface area contributed by atoms with Gasteiger partial charge in [-0.3, -0.25) is 9.59 Å². The van der Waals surface area contributed by atoms with Gasteiger partial charge in [0.2, 0.25) is 0 Å². The van der Waals surface area contributed by atoms with Gasteiger partial charge in [0.1, 0.15) is 0 Å². The molecule has 0 radical (unpaired) electrons. The maximum Gasteiger partial charge on any atom is 0.313 e. The Morgan fingerprint density at radius 3 is 2.59 bits per heavy atom. The van der Waals surface area contributed by atoms with Gasteiger partial charge in [0.15, 0.2) is 0 Å². The minimum absolute atomic E-state index is 0.00559. The number of aliphatic hydroxyl groups is 1. The molecule has 2 atom stereocenters. The molecule has 1 rings (SSSR count). The number of nitrogens with one attached hydrogen (secondary N) is 2. The van der Waals surface area contributed by atoms with E-state index in [1.165, 1.54) is 0 Å². The van der Waals surface area contributed by atoms with Crippen LogP contribution in [-0.4, -0.2) is 29.1 Å². The summed E-state index contributed by atoms with van der Waals surface area (Å²) in [6.07, 6.45) is 0.775. The molecule has 2 amide bonds. The Morgan fingerprint density at radius 2 is 2.00 bits per heavy atom. The third-order valence-corrected chi connectivity index (χ3v) is 4.41. The molecule has 0 saturated carbocycles. The summed E-state index contributed by atoms with van der Waals surface area (Å²) in [5.74, 6) is -1.57. The van der Waals surface area contributed by atoms with E-state index in [0.717, 1.165) is 6.42 Å². The van der Waals surface area contributed by atoms with Crippen molar-refractivity contribution >= 4 is 29.1 Å². The molecule has 5 nitrogen and oxygen atoms in total. The molecule has 1 aromatic carbocycles. The second-order valence-corrected chi connectivity index (χ2v) is 6.12. The zero-order chi connectivity index (χ0) is 16.9. The highest BCUT2D eigenvalue weighted by Crippen LogP contribution is 2.23. The van der Waals surface area contributed by atoms with Crippen LogP contribution in [0.5, 0.6) is 0 Å². The average molecular weight is 327 g/mol. The zero-order valence-corrected chi connectivity index (χ0v) is 14.1. The van der Waals surface area contributed by atoms with Gasteiger partial charge in [-0.2, -0.15) is 0 Å². The van der Waals surface area contributed by atoms with Gasteiger partial charge in [0.05, 0.1) is 5.60 Å². The quantitative estimate of drug-likeness (QED) is 0.727. The summed E-state index contributed by atoms with van der Waals surface area (Å²) in [6.45, 7) is 7.25. The lowest BCUT2D eigenvalue weighted by molar-refractivity contribution is -0.137. The number of halogens is 1. The molecule has 0 fully saturated rings. The van der Waals surface area contributed by atoms with Crippen molar-refractivity contribution in [1.82, 2.24) is 5.32 Å². The van der Waals surface area contributed by atoms with Gasteiger partial charge < -0.3 is 15.7 Å². The topological polar surface area (TPSA) is 78.4 Å². The molecule has 0 aliphatic heterocycles. The lowest BCUT2D eigenvalue weighted by Crippen LogP contribution is -2.47. The van der Waals surface area contributed by atoms with Crippen molar-refractivity contribution in [2.75, 3.05) is 11.9 Å². The normalized spacial score (nSPS) is 14.8. The number of benzene rings is 1. The number of carbonyl (C=O) groups is 2. The van der Waals surface area contributed by atoms with Crippen LogP contribution in [0.15, 0.2) is 18.2 Å². The number of amides is 2. The number of carbonyl (C=O) groups excluding carboxylic acids is 2. The molecule has 1 aromatic rings. The van der Waals surface area contributed by atoms with Crippen LogP contribution in [0.1, 0.15) is 32.8 Å². The van der Waals surface area contributed by atoms with E-state index in [4.69, 9.17) is 11.6 Å². The van der Waals surface area contributed by atoms with Crippen molar-refractivity contribution in [3.05, 3.63) is 28.8 Å². The summed E-state index contributed by atoms with van der Waals surface area (Å²) in [6, 6.07) is 5.06. The van der Waals surface area contributed by atoms with Crippen molar-refractivity contribution in [2.45, 2.75) is 39.7 Å². The largest absolute Gasteiger partial charge is 0.388 e. The fourth-order valence-corrected chi connectivity index (χ4v) is 2.05. The third kappa shape index (κ3) is 4.71. The van der Waals surface area contributed by atoms with Crippen LogP contribution >= 0.6 is 11.6 Å². The van der Waals surface area contributed by atoms with Crippen LogP contribution in [-0.2, 0) is 9.59 Å². The van der Waals surface area contributed by atoms with Crippen molar-refractivity contribution in [3.63, 3.8) is 0 Å². The summed E-state index contributed by atoms with van der Waals surface area (Å²) in [4.78, 5) is 23.7. The fraction of sp³-hybridized carbons (Fsp3) is 0.500. The van der Waals surface area contributed by atoms with Gasteiger partial charge in [-0.15, -0.1) is 0 Å². The Kier molecular flexibility index (Phi) is 6.38. The lowest BCUT2D eigenvalue weighted by atomic mass is 9.89. The standard InChI is InChI=1S/C16H23ClN2O3/c1-5-10(2)16(4,22)9-18-14(20)15(21)19-13-8-6-7-12(17)11(13)3/h6-8,10,22H,5,9H2,1-4H3,(H,18,20)(H,19,21)/t10-,16+/m1/s1.